The number of nitrogens with two attached hydrogens (primary N) is 1. The molecule has 0 spiro atoms. The number of ether oxygens (including phenoxy) is 1. The van der Waals surface area contributed by atoms with E-state index < -0.39 is 6.36 Å². The molecule has 2 atom stereocenters. The topological polar surface area (TPSA) is 38.5 Å². The van der Waals surface area contributed by atoms with E-state index in [1.54, 1.807) is 12.1 Å². The molecule has 1 aliphatic carbocycles. The van der Waals surface area contributed by atoms with Crippen LogP contribution in [0.2, 0.25) is 0 Å². The Labute approximate surface area is 115 Å². The maximum absolute atomic E-state index is 12.1. The SMILES string of the molecule is NC1CC2CN(c3ccc(OC(F)(F)F)cc3)CC2C1. The summed E-state index contributed by atoms with van der Waals surface area (Å²) in [5, 5.41) is 0. The monoisotopic (exact) mass is 286 g/mol. The summed E-state index contributed by atoms with van der Waals surface area (Å²) in [6.07, 6.45) is -2.53. The quantitative estimate of drug-likeness (QED) is 0.908. The summed E-state index contributed by atoms with van der Waals surface area (Å²) in [5.41, 5.74) is 6.89. The minimum Gasteiger partial charge on any atom is -0.406 e. The van der Waals surface area contributed by atoms with Gasteiger partial charge in [0.2, 0.25) is 0 Å². The lowest BCUT2D eigenvalue weighted by Crippen LogP contribution is -2.25. The van der Waals surface area contributed by atoms with Gasteiger partial charge in [0.05, 0.1) is 0 Å². The third kappa shape index (κ3) is 2.85. The standard InChI is InChI=1S/C14H17F3N2O/c15-14(16,17)20-13-3-1-12(2-4-13)19-7-9-5-11(18)6-10(9)8-19/h1-4,9-11H,5-8,18H2. The maximum Gasteiger partial charge on any atom is 0.573 e. The highest BCUT2D eigenvalue weighted by molar-refractivity contribution is 5.50. The average Bonchev–Trinajstić information content (AvgIpc) is 2.84. The number of halogens is 3. The number of hydrogen-bond acceptors (Lipinski definition) is 3. The van der Waals surface area contributed by atoms with E-state index in [4.69, 9.17) is 5.73 Å². The fourth-order valence-corrected chi connectivity index (χ4v) is 3.42. The molecule has 0 radical (unpaired) electrons. The molecule has 2 unspecified atom stereocenters. The van der Waals surface area contributed by atoms with Gasteiger partial charge in [-0.1, -0.05) is 0 Å². The third-order valence-corrected chi connectivity index (χ3v) is 4.22. The lowest BCUT2D eigenvalue weighted by atomic mass is 10.0. The van der Waals surface area contributed by atoms with Crippen molar-refractivity contribution in [3.05, 3.63) is 24.3 Å². The van der Waals surface area contributed by atoms with Crippen molar-refractivity contribution in [2.45, 2.75) is 25.2 Å². The van der Waals surface area contributed by atoms with Crippen molar-refractivity contribution in [2.24, 2.45) is 17.6 Å². The molecule has 6 heteroatoms. The predicted molar refractivity (Wildman–Crippen MR) is 69.5 cm³/mol. The molecular formula is C14H17F3N2O. The van der Waals surface area contributed by atoms with Crippen LogP contribution in [-0.4, -0.2) is 25.5 Å². The Bertz CT molecular complexity index is 460. The van der Waals surface area contributed by atoms with Gasteiger partial charge in [-0.15, -0.1) is 13.2 Å². The highest BCUT2D eigenvalue weighted by Crippen LogP contribution is 2.39. The first kappa shape index (κ1) is 13.5. The fraction of sp³-hybridized carbons (Fsp3) is 0.571. The van der Waals surface area contributed by atoms with Crippen LogP contribution in [0.3, 0.4) is 0 Å². The van der Waals surface area contributed by atoms with Gasteiger partial charge in [-0.2, -0.15) is 0 Å². The van der Waals surface area contributed by atoms with Crippen LogP contribution < -0.4 is 15.4 Å². The van der Waals surface area contributed by atoms with E-state index in [9.17, 15) is 13.2 Å². The third-order valence-electron chi connectivity index (χ3n) is 4.22. The zero-order valence-electron chi connectivity index (χ0n) is 10.9. The summed E-state index contributed by atoms with van der Waals surface area (Å²) in [5.74, 6) is 1.06. The van der Waals surface area contributed by atoms with Crippen LogP contribution in [0.15, 0.2) is 24.3 Å². The van der Waals surface area contributed by atoms with Gasteiger partial charge >= 0.3 is 6.36 Å². The van der Waals surface area contributed by atoms with E-state index in [0.29, 0.717) is 17.9 Å². The second-order valence-electron chi connectivity index (χ2n) is 5.70. The van der Waals surface area contributed by atoms with Gasteiger partial charge in [-0.25, -0.2) is 0 Å². The van der Waals surface area contributed by atoms with E-state index in [1.165, 1.54) is 12.1 Å². The molecule has 1 aliphatic heterocycles. The normalized spacial score (nSPS) is 29.6. The Balaban J connectivity index is 1.64. The molecular weight excluding hydrogens is 269 g/mol. The second kappa shape index (κ2) is 4.84. The van der Waals surface area contributed by atoms with E-state index in [1.807, 2.05) is 0 Å². The molecule has 2 N–H and O–H groups in total. The largest absolute Gasteiger partial charge is 0.573 e. The van der Waals surface area contributed by atoms with Gasteiger partial charge in [-0.3, -0.25) is 0 Å². The van der Waals surface area contributed by atoms with Gasteiger partial charge in [0.15, 0.2) is 0 Å². The summed E-state index contributed by atoms with van der Waals surface area (Å²) in [7, 11) is 0. The minimum atomic E-state index is -4.64. The maximum atomic E-state index is 12.1. The zero-order chi connectivity index (χ0) is 14.3. The van der Waals surface area contributed by atoms with Crippen LogP contribution in [0, 0.1) is 11.8 Å². The molecule has 1 saturated heterocycles. The van der Waals surface area contributed by atoms with E-state index in [2.05, 4.69) is 9.64 Å². The van der Waals surface area contributed by atoms with Gasteiger partial charge in [0, 0.05) is 24.8 Å². The highest BCUT2D eigenvalue weighted by atomic mass is 19.4. The number of rotatable bonds is 2. The first-order valence-corrected chi connectivity index (χ1v) is 6.77. The summed E-state index contributed by atoms with van der Waals surface area (Å²) < 4.78 is 40.1. The van der Waals surface area contributed by atoms with Crippen molar-refractivity contribution >= 4 is 5.69 Å². The summed E-state index contributed by atoms with van der Waals surface area (Å²) in [6.45, 7) is 1.88. The lowest BCUT2D eigenvalue weighted by molar-refractivity contribution is -0.274. The molecule has 3 rings (SSSR count). The first-order chi connectivity index (χ1) is 9.40. The van der Waals surface area contributed by atoms with E-state index >= 15 is 0 Å². The van der Waals surface area contributed by atoms with Crippen LogP contribution in [0.5, 0.6) is 5.75 Å². The number of fused-ring (bicyclic) bond motifs is 1. The molecule has 1 aromatic carbocycles. The number of alkyl halides is 3. The van der Waals surface area contributed by atoms with Crippen molar-refractivity contribution in [3.63, 3.8) is 0 Å². The van der Waals surface area contributed by atoms with Crippen LogP contribution in [0.4, 0.5) is 18.9 Å². The number of anilines is 1. The average molecular weight is 286 g/mol. The van der Waals surface area contributed by atoms with Crippen molar-refractivity contribution in [1.82, 2.24) is 0 Å². The first-order valence-electron chi connectivity index (χ1n) is 6.77. The lowest BCUT2D eigenvalue weighted by Gasteiger charge is -2.20. The van der Waals surface area contributed by atoms with Crippen LogP contribution in [0.1, 0.15) is 12.8 Å². The minimum absolute atomic E-state index is 0.178. The van der Waals surface area contributed by atoms with Crippen molar-refractivity contribution in [3.8, 4) is 5.75 Å². The van der Waals surface area contributed by atoms with Gasteiger partial charge in [0.25, 0.3) is 0 Å². The predicted octanol–water partition coefficient (Wildman–Crippen LogP) is 2.76. The molecule has 2 aliphatic rings. The molecule has 1 heterocycles. The second-order valence-corrected chi connectivity index (χ2v) is 5.70. The highest BCUT2D eigenvalue weighted by Gasteiger charge is 2.39. The molecule has 0 amide bonds. The van der Waals surface area contributed by atoms with Crippen LogP contribution in [0.25, 0.3) is 0 Å². The summed E-state index contributed by atoms with van der Waals surface area (Å²) in [6, 6.07) is 6.41. The van der Waals surface area contributed by atoms with E-state index in [0.717, 1.165) is 31.6 Å². The Morgan fingerprint density at radius 3 is 2.10 bits per heavy atom. The number of nitrogens with zero attached hydrogens (tertiary/aromatic N) is 1. The Morgan fingerprint density at radius 2 is 1.60 bits per heavy atom. The van der Waals surface area contributed by atoms with Crippen molar-refractivity contribution in [1.29, 1.82) is 0 Å². The Hall–Kier alpha value is -1.43. The van der Waals surface area contributed by atoms with Crippen LogP contribution in [-0.2, 0) is 0 Å². The summed E-state index contributed by atoms with van der Waals surface area (Å²) in [4.78, 5) is 2.22. The summed E-state index contributed by atoms with van der Waals surface area (Å²) >= 11 is 0. The number of hydrogen-bond donors (Lipinski definition) is 1. The Kier molecular flexibility index (Phi) is 3.28. The molecule has 1 saturated carbocycles. The molecule has 0 aromatic heterocycles. The molecule has 3 nitrogen and oxygen atoms in total. The van der Waals surface area contributed by atoms with Gasteiger partial charge in [-0.05, 0) is 48.9 Å². The smallest absolute Gasteiger partial charge is 0.406 e. The zero-order valence-corrected chi connectivity index (χ0v) is 10.9. The van der Waals surface area contributed by atoms with Crippen molar-refractivity contribution in [2.75, 3.05) is 18.0 Å². The van der Waals surface area contributed by atoms with Crippen molar-refractivity contribution < 1.29 is 17.9 Å². The number of benzene rings is 1. The van der Waals surface area contributed by atoms with Crippen LogP contribution >= 0.6 is 0 Å². The fourth-order valence-electron chi connectivity index (χ4n) is 3.42. The van der Waals surface area contributed by atoms with Gasteiger partial charge < -0.3 is 15.4 Å². The molecule has 2 fully saturated rings. The Morgan fingerprint density at radius 1 is 1.05 bits per heavy atom. The molecule has 110 valence electrons. The molecule has 0 bridgehead atoms. The molecule has 1 aromatic rings. The van der Waals surface area contributed by atoms with E-state index in [-0.39, 0.29) is 5.75 Å². The van der Waals surface area contributed by atoms with Gasteiger partial charge in [0.1, 0.15) is 5.75 Å². The molecule has 20 heavy (non-hydrogen) atoms.